The third-order valence-electron chi connectivity index (χ3n) is 5.84. The van der Waals surface area contributed by atoms with Gasteiger partial charge in [0, 0.05) is 23.1 Å². The highest BCUT2D eigenvalue weighted by Gasteiger charge is 2.16. The highest BCUT2D eigenvalue weighted by atomic mass is 16.6. The number of esters is 1. The van der Waals surface area contributed by atoms with Gasteiger partial charge in [0.15, 0.2) is 0 Å². The predicted molar refractivity (Wildman–Crippen MR) is 141 cm³/mol. The Labute approximate surface area is 213 Å². The van der Waals surface area contributed by atoms with Crippen molar-refractivity contribution >= 4 is 22.6 Å². The molecule has 5 aromatic rings. The Bertz CT molecular complexity index is 1600. The summed E-state index contributed by atoms with van der Waals surface area (Å²) >= 11 is 0. The number of aryl methyl sites for hydroxylation is 1. The van der Waals surface area contributed by atoms with Crippen LogP contribution >= 0.6 is 0 Å². The van der Waals surface area contributed by atoms with Crippen molar-refractivity contribution in [2.45, 2.75) is 13.5 Å². The number of carbonyl (C=O) groups excluding carboxylic acids is 1. The summed E-state index contributed by atoms with van der Waals surface area (Å²) in [5, 5.41) is 11.6. The van der Waals surface area contributed by atoms with E-state index in [0.717, 1.165) is 22.1 Å². The lowest BCUT2D eigenvalue weighted by atomic mass is 10.0. The number of benzene rings is 4. The van der Waals surface area contributed by atoms with Gasteiger partial charge < -0.3 is 9.47 Å². The topological polar surface area (TPSA) is 91.6 Å². The molecule has 0 fully saturated rings. The summed E-state index contributed by atoms with van der Waals surface area (Å²) in [7, 11) is 0. The van der Waals surface area contributed by atoms with Gasteiger partial charge in [-0.05, 0) is 48.9 Å². The number of pyridine rings is 1. The van der Waals surface area contributed by atoms with Gasteiger partial charge in [0.25, 0.3) is 5.69 Å². The van der Waals surface area contributed by atoms with Crippen LogP contribution in [-0.2, 0) is 11.3 Å². The normalized spacial score (nSPS) is 10.7. The summed E-state index contributed by atoms with van der Waals surface area (Å²) in [6.07, 6.45) is 0. The van der Waals surface area contributed by atoms with Gasteiger partial charge in [-0.25, -0.2) is 9.78 Å². The number of hydrogen-bond donors (Lipinski definition) is 0. The number of ether oxygens (including phenoxy) is 2. The first-order valence-corrected chi connectivity index (χ1v) is 11.6. The van der Waals surface area contributed by atoms with Gasteiger partial charge in [0.1, 0.15) is 18.1 Å². The van der Waals surface area contributed by atoms with Gasteiger partial charge in [-0.15, -0.1) is 0 Å². The molecule has 4 aromatic carbocycles. The molecule has 1 aromatic heterocycles. The van der Waals surface area contributed by atoms with Gasteiger partial charge in [-0.1, -0.05) is 60.2 Å². The minimum absolute atomic E-state index is 0.0119. The summed E-state index contributed by atoms with van der Waals surface area (Å²) in [5.74, 6) is 0.540. The van der Waals surface area contributed by atoms with Gasteiger partial charge in [-0.3, -0.25) is 10.1 Å². The molecule has 182 valence electrons. The number of rotatable bonds is 7. The Morgan fingerprint density at radius 1 is 0.865 bits per heavy atom. The summed E-state index contributed by atoms with van der Waals surface area (Å²) in [6.45, 7) is 2.07. The number of para-hydroxylation sites is 1. The maximum absolute atomic E-state index is 13.2. The molecule has 7 nitrogen and oxygen atoms in total. The molecule has 0 amide bonds. The first-order chi connectivity index (χ1) is 18.0. The maximum atomic E-state index is 13.2. The predicted octanol–water partition coefficient (Wildman–Crippen LogP) is 7.27. The number of nitro benzene ring substituents is 1. The maximum Gasteiger partial charge on any atom is 0.339 e. The third-order valence-corrected chi connectivity index (χ3v) is 5.84. The number of non-ortho nitro benzene ring substituents is 1. The number of carbonyl (C=O) groups is 1. The SMILES string of the molecule is Cc1ccc(-c2cc(C(=O)OCc3cccc(Oc4ccc([N+](=O)[O-])cc4)c3)c3ccccc3n2)cc1. The second-order valence-corrected chi connectivity index (χ2v) is 8.51. The molecule has 0 unspecified atom stereocenters. The average Bonchev–Trinajstić information content (AvgIpc) is 2.92. The minimum atomic E-state index is -0.464. The molecule has 1 heterocycles. The number of nitro groups is 1. The van der Waals surface area contributed by atoms with E-state index in [1.807, 2.05) is 61.5 Å². The average molecular weight is 491 g/mol. The van der Waals surface area contributed by atoms with E-state index in [9.17, 15) is 14.9 Å². The van der Waals surface area contributed by atoms with Crippen molar-refractivity contribution in [3.8, 4) is 22.8 Å². The molecule has 0 aliphatic heterocycles. The van der Waals surface area contributed by atoms with Crippen LogP contribution in [0.2, 0.25) is 0 Å². The second-order valence-electron chi connectivity index (χ2n) is 8.51. The molecule has 0 bridgehead atoms. The minimum Gasteiger partial charge on any atom is -0.457 e. The van der Waals surface area contributed by atoms with Crippen molar-refractivity contribution in [1.29, 1.82) is 0 Å². The molecule has 5 rings (SSSR count). The van der Waals surface area contributed by atoms with Gasteiger partial charge in [-0.2, -0.15) is 0 Å². The fourth-order valence-corrected chi connectivity index (χ4v) is 3.91. The summed E-state index contributed by atoms with van der Waals surface area (Å²) in [5.41, 5.74) is 4.65. The Morgan fingerprint density at radius 2 is 1.62 bits per heavy atom. The van der Waals surface area contributed by atoms with E-state index in [2.05, 4.69) is 0 Å². The number of fused-ring (bicyclic) bond motifs is 1. The Morgan fingerprint density at radius 3 is 2.38 bits per heavy atom. The van der Waals surface area contributed by atoms with Crippen LogP contribution in [0.5, 0.6) is 11.5 Å². The zero-order chi connectivity index (χ0) is 25.8. The van der Waals surface area contributed by atoms with Crippen molar-refractivity contribution < 1.29 is 19.2 Å². The molecule has 0 saturated carbocycles. The summed E-state index contributed by atoms with van der Waals surface area (Å²) < 4.78 is 11.5. The molecule has 0 aliphatic carbocycles. The highest BCUT2D eigenvalue weighted by Crippen LogP contribution is 2.27. The van der Waals surface area contributed by atoms with Crippen LogP contribution in [0, 0.1) is 17.0 Å². The van der Waals surface area contributed by atoms with Gasteiger partial charge >= 0.3 is 5.97 Å². The standard InChI is InChI=1S/C30H22N2O5/c1-20-9-11-22(12-10-20)29-18-27(26-7-2-3-8-28(26)31-29)30(33)36-19-21-5-4-6-25(17-21)37-24-15-13-23(14-16-24)32(34)35/h2-18H,19H2,1H3. The third kappa shape index (κ3) is 5.46. The van der Waals surface area contributed by atoms with Crippen LogP contribution in [-0.4, -0.2) is 15.9 Å². The highest BCUT2D eigenvalue weighted by molar-refractivity contribution is 6.04. The molecule has 0 aliphatic rings. The fraction of sp³-hybridized carbons (Fsp3) is 0.0667. The lowest BCUT2D eigenvalue weighted by Crippen LogP contribution is -2.07. The molecule has 0 saturated heterocycles. The molecule has 0 spiro atoms. The molecule has 0 atom stereocenters. The quantitative estimate of drug-likeness (QED) is 0.135. The molecule has 0 radical (unpaired) electrons. The lowest BCUT2D eigenvalue weighted by Gasteiger charge is -2.11. The van der Waals surface area contributed by atoms with Crippen LogP contribution in [0.1, 0.15) is 21.5 Å². The van der Waals surface area contributed by atoms with Crippen molar-refractivity contribution in [1.82, 2.24) is 4.98 Å². The molecular formula is C30H22N2O5. The Balaban J connectivity index is 1.34. The molecule has 7 heteroatoms. The van der Waals surface area contributed by atoms with Crippen molar-refractivity contribution in [2.75, 3.05) is 0 Å². The van der Waals surface area contributed by atoms with Crippen LogP contribution in [0.25, 0.3) is 22.2 Å². The van der Waals surface area contributed by atoms with Crippen LogP contribution in [0.3, 0.4) is 0 Å². The summed E-state index contributed by atoms with van der Waals surface area (Å²) in [6, 6.07) is 30.2. The van der Waals surface area contributed by atoms with Crippen LogP contribution in [0.4, 0.5) is 5.69 Å². The van der Waals surface area contributed by atoms with E-state index in [1.165, 1.54) is 24.3 Å². The van der Waals surface area contributed by atoms with Crippen LogP contribution < -0.4 is 4.74 Å². The largest absolute Gasteiger partial charge is 0.457 e. The van der Waals surface area contributed by atoms with E-state index in [4.69, 9.17) is 14.5 Å². The summed E-state index contributed by atoms with van der Waals surface area (Å²) in [4.78, 5) is 28.3. The van der Waals surface area contributed by atoms with Crippen molar-refractivity contribution in [2.24, 2.45) is 0 Å². The van der Waals surface area contributed by atoms with E-state index < -0.39 is 10.9 Å². The van der Waals surface area contributed by atoms with Crippen molar-refractivity contribution in [3.05, 3.63) is 130 Å². The monoisotopic (exact) mass is 490 g/mol. The Kier molecular flexibility index (Phi) is 6.59. The van der Waals surface area contributed by atoms with E-state index in [-0.39, 0.29) is 12.3 Å². The fourth-order valence-electron chi connectivity index (χ4n) is 3.91. The van der Waals surface area contributed by atoms with E-state index in [0.29, 0.717) is 28.3 Å². The zero-order valence-corrected chi connectivity index (χ0v) is 20.0. The molecule has 0 N–H and O–H groups in total. The van der Waals surface area contributed by atoms with Gasteiger partial charge in [0.05, 0.1) is 21.7 Å². The second kappa shape index (κ2) is 10.3. The lowest BCUT2D eigenvalue weighted by molar-refractivity contribution is -0.384. The number of aromatic nitrogens is 1. The Hall–Kier alpha value is -5.04. The van der Waals surface area contributed by atoms with E-state index in [1.54, 1.807) is 24.3 Å². The zero-order valence-electron chi connectivity index (χ0n) is 20.0. The number of nitrogens with zero attached hydrogens (tertiary/aromatic N) is 2. The first kappa shape index (κ1) is 23.7. The van der Waals surface area contributed by atoms with Crippen molar-refractivity contribution in [3.63, 3.8) is 0 Å². The van der Waals surface area contributed by atoms with E-state index >= 15 is 0 Å². The van der Waals surface area contributed by atoms with Gasteiger partial charge in [0.2, 0.25) is 0 Å². The number of hydrogen-bond acceptors (Lipinski definition) is 6. The van der Waals surface area contributed by atoms with Crippen LogP contribution in [0.15, 0.2) is 103 Å². The molecule has 37 heavy (non-hydrogen) atoms. The molecular weight excluding hydrogens is 468 g/mol. The first-order valence-electron chi connectivity index (χ1n) is 11.6. The smallest absolute Gasteiger partial charge is 0.339 e.